The second-order valence-electron chi connectivity index (χ2n) is 4.82. The van der Waals surface area contributed by atoms with Crippen molar-refractivity contribution < 1.29 is 9.53 Å². The molecule has 0 saturated carbocycles. The highest BCUT2D eigenvalue weighted by Gasteiger charge is 2.15. The van der Waals surface area contributed by atoms with Crippen molar-refractivity contribution in [3.8, 4) is 17.0 Å². The molecule has 110 valence electrons. The summed E-state index contributed by atoms with van der Waals surface area (Å²) in [4.78, 5) is 23.8. The van der Waals surface area contributed by atoms with Gasteiger partial charge >= 0.3 is 0 Å². The van der Waals surface area contributed by atoms with Crippen LogP contribution >= 0.6 is 0 Å². The number of aryl methyl sites for hydroxylation is 2. The zero-order valence-electron chi connectivity index (χ0n) is 12.6. The molecule has 1 heterocycles. The van der Waals surface area contributed by atoms with Crippen molar-refractivity contribution in [1.29, 1.82) is 0 Å². The van der Waals surface area contributed by atoms with E-state index in [1.54, 1.807) is 7.11 Å². The van der Waals surface area contributed by atoms with Crippen LogP contribution in [0, 0.1) is 6.92 Å². The summed E-state index contributed by atoms with van der Waals surface area (Å²) in [5.41, 5.74) is 2.15. The molecule has 0 unspecified atom stereocenters. The van der Waals surface area contributed by atoms with Crippen LogP contribution in [0.2, 0.25) is 0 Å². The van der Waals surface area contributed by atoms with Crippen molar-refractivity contribution >= 4 is 5.78 Å². The minimum Gasteiger partial charge on any atom is -0.496 e. The minimum atomic E-state index is -0.361. The monoisotopic (exact) mass is 286 g/mol. The number of rotatable bonds is 4. The average molecular weight is 286 g/mol. The highest BCUT2D eigenvalue weighted by atomic mass is 16.5. The number of nitrogens with zero attached hydrogens (tertiary/aromatic N) is 2. The number of aromatic nitrogens is 2. The van der Waals surface area contributed by atoms with Crippen molar-refractivity contribution in [2.75, 3.05) is 7.11 Å². The van der Waals surface area contributed by atoms with Crippen molar-refractivity contribution in [2.24, 2.45) is 0 Å². The Morgan fingerprint density at radius 1 is 1.33 bits per heavy atom. The number of ether oxygens (including phenoxy) is 1. The van der Waals surface area contributed by atoms with Crippen molar-refractivity contribution in [3.05, 3.63) is 45.7 Å². The molecule has 0 saturated heterocycles. The summed E-state index contributed by atoms with van der Waals surface area (Å²) in [6, 6.07) is 7.24. The van der Waals surface area contributed by atoms with E-state index in [1.165, 1.54) is 17.7 Å². The van der Waals surface area contributed by atoms with Crippen molar-refractivity contribution in [1.82, 2.24) is 9.78 Å². The zero-order valence-corrected chi connectivity index (χ0v) is 12.6. The molecule has 0 aliphatic rings. The van der Waals surface area contributed by atoms with Crippen LogP contribution in [-0.4, -0.2) is 22.7 Å². The summed E-state index contributed by atoms with van der Waals surface area (Å²) in [6.45, 7) is 5.56. The Bertz CT molecular complexity index is 748. The Morgan fingerprint density at radius 2 is 2.05 bits per heavy atom. The van der Waals surface area contributed by atoms with E-state index in [0.717, 1.165) is 11.1 Å². The van der Waals surface area contributed by atoms with E-state index >= 15 is 0 Å². The summed E-state index contributed by atoms with van der Waals surface area (Å²) in [6.07, 6.45) is 0. The van der Waals surface area contributed by atoms with Gasteiger partial charge in [0.25, 0.3) is 5.56 Å². The molecule has 0 spiro atoms. The number of methoxy groups -OCH3 is 1. The number of ketones is 1. The maximum Gasteiger partial charge on any atom is 0.277 e. The molecule has 0 radical (unpaired) electrons. The molecule has 0 atom stereocenters. The third-order valence-electron chi connectivity index (χ3n) is 3.28. The van der Waals surface area contributed by atoms with Gasteiger partial charge in [-0.3, -0.25) is 9.59 Å². The molecule has 0 fully saturated rings. The molecule has 1 aromatic heterocycles. The normalized spacial score (nSPS) is 10.5. The minimum absolute atomic E-state index is 0.144. The number of carbonyl (C=O) groups is 1. The van der Waals surface area contributed by atoms with Gasteiger partial charge in [-0.15, -0.1) is 0 Å². The summed E-state index contributed by atoms with van der Waals surface area (Å²) >= 11 is 0. The largest absolute Gasteiger partial charge is 0.496 e. The first kappa shape index (κ1) is 15.0. The van der Waals surface area contributed by atoms with Gasteiger partial charge in [-0.05, 0) is 39.0 Å². The molecule has 5 heteroatoms. The van der Waals surface area contributed by atoms with E-state index in [0.29, 0.717) is 18.0 Å². The van der Waals surface area contributed by atoms with Gasteiger partial charge in [0.05, 0.1) is 18.4 Å². The van der Waals surface area contributed by atoms with Gasteiger partial charge in [0.15, 0.2) is 5.78 Å². The van der Waals surface area contributed by atoms with Gasteiger partial charge in [-0.1, -0.05) is 11.6 Å². The summed E-state index contributed by atoms with van der Waals surface area (Å²) in [5.74, 6) is 0.390. The zero-order chi connectivity index (χ0) is 15.6. The maximum atomic E-state index is 12.1. The van der Waals surface area contributed by atoms with Gasteiger partial charge in [0.1, 0.15) is 5.75 Å². The van der Waals surface area contributed by atoms with Crippen molar-refractivity contribution in [3.63, 3.8) is 0 Å². The predicted octanol–water partition coefficient (Wildman–Crippen LogP) is 2.45. The molecule has 0 aliphatic carbocycles. The Hall–Kier alpha value is -2.43. The van der Waals surface area contributed by atoms with E-state index in [2.05, 4.69) is 5.10 Å². The fraction of sp³-hybridized carbons (Fsp3) is 0.312. The van der Waals surface area contributed by atoms with Gasteiger partial charge in [-0.2, -0.15) is 5.10 Å². The molecule has 1 aromatic carbocycles. The molecule has 2 rings (SSSR count). The van der Waals surface area contributed by atoms with E-state index in [1.807, 2.05) is 32.0 Å². The predicted molar refractivity (Wildman–Crippen MR) is 80.9 cm³/mol. The Balaban J connectivity index is 2.75. The molecular formula is C16H18N2O3. The molecule has 5 nitrogen and oxygen atoms in total. The number of benzene rings is 1. The third kappa shape index (κ3) is 2.86. The first-order valence-electron chi connectivity index (χ1n) is 6.76. The maximum absolute atomic E-state index is 12.1. The van der Waals surface area contributed by atoms with Gasteiger partial charge in [0, 0.05) is 12.1 Å². The summed E-state index contributed by atoms with van der Waals surface area (Å²) < 4.78 is 6.65. The second-order valence-corrected chi connectivity index (χ2v) is 4.82. The molecule has 0 bridgehead atoms. The molecule has 0 N–H and O–H groups in total. The molecule has 21 heavy (non-hydrogen) atoms. The molecule has 0 amide bonds. The fourth-order valence-electron chi connectivity index (χ4n) is 2.16. The topological polar surface area (TPSA) is 61.2 Å². The first-order chi connectivity index (χ1) is 9.97. The van der Waals surface area contributed by atoms with Gasteiger partial charge in [0.2, 0.25) is 0 Å². The van der Waals surface area contributed by atoms with E-state index < -0.39 is 0 Å². The smallest absolute Gasteiger partial charge is 0.277 e. The van der Waals surface area contributed by atoms with Crippen LogP contribution in [0.25, 0.3) is 11.3 Å². The van der Waals surface area contributed by atoms with Crippen LogP contribution in [0.3, 0.4) is 0 Å². The van der Waals surface area contributed by atoms with Gasteiger partial charge < -0.3 is 4.74 Å². The van der Waals surface area contributed by atoms with Crippen LogP contribution in [0.5, 0.6) is 5.75 Å². The van der Waals surface area contributed by atoms with Crippen LogP contribution in [0.4, 0.5) is 0 Å². The summed E-state index contributed by atoms with van der Waals surface area (Å²) in [5, 5.41) is 4.33. The van der Waals surface area contributed by atoms with Crippen molar-refractivity contribution in [2.45, 2.75) is 27.3 Å². The quantitative estimate of drug-likeness (QED) is 0.810. The third-order valence-corrected chi connectivity index (χ3v) is 3.28. The highest BCUT2D eigenvalue weighted by Crippen LogP contribution is 2.29. The van der Waals surface area contributed by atoms with Gasteiger partial charge in [-0.25, -0.2) is 4.68 Å². The fourth-order valence-corrected chi connectivity index (χ4v) is 2.16. The summed E-state index contributed by atoms with van der Waals surface area (Å²) in [7, 11) is 1.58. The number of hydrogen-bond donors (Lipinski definition) is 0. The number of hydrogen-bond acceptors (Lipinski definition) is 4. The van der Waals surface area contributed by atoms with Crippen LogP contribution in [-0.2, 0) is 6.54 Å². The lowest BCUT2D eigenvalue weighted by Crippen LogP contribution is -2.27. The highest BCUT2D eigenvalue weighted by molar-refractivity contribution is 5.94. The number of Topliss-reactive ketones (excluding diaryl/α,β-unsaturated/α-hetero) is 1. The van der Waals surface area contributed by atoms with E-state index in [4.69, 9.17) is 4.74 Å². The standard InChI is InChI=1S/C16H18N2O3/c1-5-18-16(20)12(11(3)19)9-14(17-18)13-8-10(2)6-7-15(13)21-4/h6-9H,5H2,1-4H3. The molecule has 2 aromatic rings. The Morgan fingerprint density at radius 3 is 2.62 bits per heavy atom. The number of carbonyl (C=O) groups excluding carboxylic acids is 1. The molecule has 0 aliphatic heterocycles. The van der Waals surface area contributed by atoms with E-state index in [9.17, 15) is 9.59 Å². The van der Waals surface area contributed by atoms with Crippen LogP contribution in [0.1, 0.15) is 29.8 Å². The first-order valence-corrected chi connectivity index (χ1v) is 6.76. The van der Waals surface area contributed by atoms with Crippen LogP contribution in [0.15, 0.2) is 29.1 Å². The lowest BCUT2D eigenvalue weighted by molar-refractivity contribution is 0.101. The lowest BCUT2D eigenvalue weighted by Gasteiger charge is -2.11. The second kappa shape index (κ2) is 5.91. The van der Waals surface area contributed by atoms with E-state index in [-0.39, 0.29) is 16.9 Å². The Labute approximate surface area is 123 Å². The average Bonchev–Trinajstić information content (AvgIpc) is 2.47. The SMILES string of the molecule is CCn1nc(-c2cc(C)ccc2OC)cc(C(C)=O)c1=O. The van der Waals surface area contributed by atoms with Crippen LogP contribution < -0.4 is 10.3 Å². The Kier molecular flexibility index (Phi) is 4.21. The lowest BCUT2D eigenvalue weighted by atomic mass is 10.0. The molecular weight excluding hydrogens is 268 g/mol.